The van der Waals surface area contributed by atoms with E-state index >= 15 is 0 Å². The molecule has 1 unspecified atom stereocenters. The Labute approximate surface area is 108 Å². The summed E-state index contributed by atoms with van der Waals surface area (Å²) < 4.78 is 0. The van der Waals surface area contributed by atoms with Crippen molar-refractivity contribution < 1.29 is 4.79 Å². The van der Waals surface area contributed by atoms with Crippen molar-refractivity contribution in [3.63, 3.8) is 0 Å². The molecule has 18 heavy (non-hydrogen) atoms. The summed E-state index contributed by atoms with van der Waals surface area (Å²) in [5.74, 6) is 2.48. The zero-order chi connectivity index (χ0) is 12.8. The Morgan fingerprint density at radius 1 is 1.44 bits per heavy atom. The van der Waals surface area contributed by atoms with Gasteiger partial charge in [0.2, 0.25) is 5.91 Å². The number of hydrogen-bond donors (Lipinski definition) is 1. The van der Waals surface area contributed by atoms with Gasteiger partial charge >= 0.3 is 0 Å². The van der Waals surface area contributed by atoms with Crippen LogP contribution in [0.3, 0.4) is 0 Å². The van der Waals surface area contributed by atoms with Crippen molar-refractivity contribution in [1.82, 2.24) is 10.2 Å². The lowest BCUT2D eigenvalue weighted by molar-refractivity contribution is -0.131. The Morgan fingerprint density at radius 2 is 2.22 bits per heavy atom. The molecule has 2 rings (SSSR count). The van der Waals surface area contributed by atoms with Crippen LogP contribution >= 0.6 is 0 Å². The third-order valence-electron chi connectivity index (χ3n) is 3.19. The third-order valence-corrected chi connectivity index (χ3v) is 3.19. The highest BCUT2D eigenvalue weighted by molar-refractivity contribution is 5.78. The van der Waals surface area contributed by atoms with E-state index in [1.54, 1.807) is 0 Å². The Morgan fingerprint density at radius 3 is 2.94 bits per heavy atom. The van der Waals surface area contributed by atoms with Crippen molar-refractivity contribution in [2.75, 3.05) is 19.6 Å². The SMILES string of the molecule is C#CCC(=O)N1CCNC(Cc2ccccc2)C1. The first-order valence-corrected chi connectivity index (χ1v) is 6.28. The van der Waals surface area contributed by atoms with Crippen LogP contribution in [0.5, 0.6) is 0 Å². The molecule has 1 N–H and O–H groups in total. The highest BCUT2D eigenvalue weighted by Gasteiger charge is 2.22. The maximum Gasteiger partial charge on any atom is 0.234 e. The largest absolute Gasteiger partial charge is 0.339 e. The average molecular weight is 242 g/mol. The molecule has 1 fully saturated rings. The lowest BCUT2D eigenvalue weighted by atomic mass is 10.0. The zero-order valence-electron chi connectivity index (χ0n) is 10.4. The van der Waals surface area contributed by atoms with Crippen LogP contribution in [0.4, 0.5) is 0 Å². The summed E-state index contributed by atoms with van der Waals surface area (Å²) in [5, 5.41) is 3.45. The molecular formula is C15H18N2O. The molecule has 1 atom stereocenters. The van der Waals surface area contributed by atoms with Gasteiger partial charge < -0.3 is 10.2 Å². The molecular weight excluding hydrogens is 224 g/mol. The van der Waals surface area contributed by atoms with Gasteiger partial charge in [0.15, 0.2) is 0 Å². The summed E-state index contributed by atoms with van der Waals surface area (Å²) in [5.41, 5.74) is 1.29. The summed E-state index contributed by atoms with van der Waals surface area (Å²) in [4.78, 5) is 13.6. The van der Waals surface area contributed by atoms with Crippen LogP contribution in [-0.4, -0.2) is 36.5 Å². The maximum absolute atomic E-state index is 11.8. The Balaban J connectivity index is 1.91. The van der Waals surface area contributed by atoms with Gasteiger partial charge in [-0.1, -0.05) is 36.3 Å². The standard InChI is InChI=1S/C15H18N2O/c1-2-6-15(18)17-10-9-16-14(12-17)11-13-7-4-3-5-8-13/h1,3-5,7-8,14,16H,6,9-12H2. The van der Waals surface area contributed by atoms with Crippen molar-refractivity contribution in [3.8, 4) is 12.3 Å². The monoisotopic (exact) mass is 242 g/mol. The van der Waals surface area contributed by atoms with Gasteiger partial charge in [-0.05, 0) is 12.0 Å². The summed E-state index contributed by atoms with van der Waals surface area (Å²) in [6, 6.07) is 10.6. The van der Waals surface area contributed by atoms with Crippen LogP contribution < -0.4 is 5.32 Å². The van der Waals surface area contributed by atoms with Gasteiger partial charge in [0.25, 0.3) is 0 Å². The number of carbonyl (C=O) groups excluding carboxylic acids is 1. The molecule has 94 valence electrons. The second-order valence-electron chi connectivity index (χ2n) is 4.56. The van der Waals surface area contributed by atoms with Crippen molar-refractivity contribution in [3.05, 3.63) is 35.9 Å². The second kappa shape index (κ2) is 6.23. The minimum absolute atomic E-state index is 0.0667. The minimum Gasteiger partial charge on any atom is -0.339 e. The predicted octanol–water partition coefficient (Wildman–Crippen LogP) is 1.05. The van der Waals surface area contributed by atoms with E-state index in [9.17, 15) is 4.79 Å². The lowest BCUT2D eigenvalue weighted by Crippen LogP contribution is -2.53. The van der Waals surface area contributed by atoms with E-state index in [2.05, 4.69) is 23.4 Å². The molecule has 1 aliphatic heterocycles. The Hall–Kier alpha value is -1.79. The molecule has 3 heteroatoms. The van der Waals surface area contributed by atoms with E-state index < -0.39 is 0 Å². The molecule has 1 aromatic rings. The third kappa shape index (κ3) is 3.35. The van der Waals surface area contributed by atoms with Crippen LogP contribution in [-0.2, 0) is 11.2 Å². The Bertz CT molecular complexity index is 436. The number of carbonyl (C=O) groups is 1. The first kappa shape index (κ1) is 12.7. The normalized spacial score (nSPS) is 19.3. The van der Waals surface area contributed by atoms with Gasteiger partial charge in [-0.15, -0.1) is 6.42 Å². The van der Waals surface area contributed by atoms with Gasteiger partial charge in [-0.2, -0.15) is 0 Å². The fraction of sp³-hybridized carbons (Fsp3) is 0.400. The van der Waals surface area contributed by atoms with E-state index in [4.69, 9.17) is 6.42 Å². The molecule has 1 aromatic carbocycles. The first-order valence-electron chi connectivity index (χ1n) is 6.28. The minimum atomic E-state index is 0.0667. The predicted molar refractivity (Wildman–Crippen MR) is 72.0 cm³/mol. The first-order chi connectivity index (χ1) is 8.79. The smallest absolute Gasteiger partial charge is 0.234 e. The average Bonchev–Trinajstić information content (AvgIpc) is 2.40. The summed E-state index contributed by atoms with van der Waals surface area (Å²) >= 11 is 0. The van der Waals surface area contributed by atoms with Crippen molar-refractivity contribution >= 4 is 5.91 Å². The molecule has 0 spiro atoms. The number of hydrogen-bond acceptors (Lipinski definition) is 2. The van der Waals surface area contributed by atoms with Crippen LogP contribution in [0.2, 0.25) is 0 Å². The van der Waals surface area contributed by atoms with Gasteiger partial charge in [-0.3, -0.25) is 4.79 Å². The molecule has 3 nitrogen and oxygen atoms in total. The molecule has 1 aliphatic rings. The molecule has 0 aromatic heterocycles. The van der Waals surface area contributed by atoms with Gasteiger partial charge in [0, 0.05) is 25.7 Å². The van der Waals surface area contributed by atoms with Crippen molar-refractivity contribution in [2.24, 2.45) is 0 Å². The summed E-state index contributed by atoms with van der Waals surface area (Å²) in [6.45, 7) is 2.34. The summed E-state index contributed by atoms with van der Waals surface area (Å²) in [7, 11) is 0. The molecule has 0 bridgehead atoms. The van der Waals surface area contributed by atoms with Gasteiger partial charge in [0.05, 0.1) is 6.42 Å². The molecule has 0 radical (unpaired) electrons. The van der Waals surface area contributed by atoms with Crippen LogP contribution in [0, 0.1) is 12.3 Å². The van der Waals surface area contributed by atoms with Crippen LogP contribution in [0.1, 0.15) is 12.0 Å². The molecule has 1 amide bonds. The summed E-state index contributed by atoms with van der Waals surface area (Å²) in [6.07, 6.45) is 6.33. The quantitative estimate of drug-likeness (QED) is 0.804. The van der Waals surface area contributed by atoms with E-state index in [0.717, 1.165) is 26.1 Å². The number of benzene rings is 1. The van der Waals surface area contributed by atoms with E-state index in [1.165, 1.54) is 5.56 Å². The van der Waals surface area contributed by atoms with Gasteiger partial charge in [-0.25, -0.2) is 0 Å². The molecule has 0 saturated carbocycles. The topological polar surface area (TPSA) is 32.3 Å². The maximum atomic E-state index is 11.8. The number of terminal acetylenes is 1. The highest BCUT2D eigenvalue weighted by atomic mass is 16.2. The number of nitrogens with zero attached hydrogens (tertiary/aromatic N) is 1. The van der Waals surface area contributed by atoms with Crippen molar-refractivity contribution in [2.45, 2.75) is 18.9 Å². The molecule has 1 heterocycles. The fourth-order valence-corrected chi connectivity index (χ4v) is 2.29. The number of amides is 1. The Kier molecular flexibility index (Phi) is 4.38. The van der Waals surface area contributed by atoms with Crippen molar-refractivity contribution in [1.29, 1.82) is 0 Å². The highest BCUT2D eigenvalue weighted by Crippen LogP contribution is 2.08. The number of nitrogens with one attached hydrogen (secondary N) is 1. The number of piperazine rings is 1. The van der Waals surface area contributed by atoms with E-state index in [0.29, 0.717) is 6.04 Å². The number of rotatable bonds is 3. The fourth-order valence-electron chi connectivity index (χ4n) is 2.29. The second-order valence-corrected chi connectivity index (χ2v) is 4.56. The molecule has 0 aliphatic carbocycles. The molecule has 1 saturated heterocycles. The van der Waals surface area contributed by atoms with E-state index in [1.807, 2.05) is 23.1 Å². The zero-order valence-corrected chi connectivity index (χ0v) is 10.4. The lowest BCUT2D eigenvalue weighted by Gasteiger charge is -2.33. The van der Waals surface area contributed by atoms with Crippen LogP contribution in [0.15, 0.2) is 30.3 Å². The van der Waals surface area contributed by atoms with Crippen LogP contribution in [0.25, 0.3) is 0 Å². The van der Waals surface area contributed by atoms with Gasteiger partial charge in [0.1, 0.15) is 0 Å². The van der Waals surface area contributed by atoms with E-state index in [-0.39, 0.29) is 12.3 Å².